The molecule has 2 heterocycles. The van der Waals surface area contributed by atoms with Crippen LogP contribution in [0.2, 0.25) is 0 Å². The van der Waals surface area contributed by atoms with E-state index in [1.54, 1.807) is 18.3 Å². The van der Waals surface area contributed by atoms with Crippen LogP contribution >= 0.6 is 0 Å². The molecule has 24 heavy (non-hydrogen) atoms. The topological polar surface area (TPSA) is 59.7 Å². The first-order valence-corrected chi connectivity index (χ1v) is 8.22. The number of anilines is 1. The highest BCUT2D eigenvalue weighted by molar-refractivity contribution is 5.90. The number of nitrogens with zero attached hydrogens (tertiary/aromatic N) is 4. The summed E-state index contributed by atoms with van der Waals surface area (Å²) >= 11 is 0. The van der Waals surface area contributed by atoms with Crippen molar-refractivity contribution in [1.82, 2.24) is 9.78 Å². The van der Waals surface area contributed by atoms with Crippen molar-refractivity contribution in [3.05, 3.63) is 48.3 Å². The fraction of sp³-hybridized carbons (Fsp3) is 0.389. The number of aryl methyl sites for hydroxylation is 1. The number of carbonyl (C=O) groups excluding carboxylic acids is 1. The van der Waals surface area contributed by atoms with Crippen LogP contribution in [0.1, 0.15) is 37.0 Å². The minimum atomic E-state index is -0.296. The second-order valence-electron chi connectivity index (χ2n) is 6.03. The second kappa shape index (κ2) is 7.29. The van der Waals surface area contributed by atoms with E-state index in [1.807, 2.05) is 47.9 Å². The van der Waals surface area contributed by atoms with Gasteiger partial charge in [-0.1, -0.05) is 0 Å². The van der Waals surface area contributed by atoms with E-state index in [4.69, 9.17) is 4.74 Å². The maximum absolute atomic E-state index is 12.2. The Morgan fingerprint density at radius 3 is 2.75 bits per heavy atom. The highest BCUT2D eigenvalue weighted by Gasteiger charge is 2.15. The van der Waals surface area contributed by atoms with Crippen molar-refractivity contribution >= 4 is 17.4 Å². The van der Waals surface area contributed by atoms with E-state index in [2.05, 4.69) is 10.2 Å². The molecule has 1 aromatic carbocycles. The van der Waals surface area contributed by atoms with Gasteiger partial charge in [-0.3, -0.25) is 9.69 Å². The Kier molecular flexibility index (Phi) is 4.93. The molecule has 0 radical (unpaired) electrons. The Bertz CT molecular complexity index is 707. The van der Waals surface area contributed by atoms with Crippen LogP contribution < -0.4 is 5.01 Å². The summed E-state index contributed by atoms with van der Waals surface area (Å²) in [6, 6.07) is 9.28. The van der Waals surface area contributed by atoms with E-state index < -0.39 is 0 Å². The van der Waals surface area contributed by atoms with Gasteiger partial charge in [0.1, 0.15) is 6.10 Å². The summed E-state index contributed by atoms with van der Waals surface area (Å²) in [6.45, 7) is 5.54. The van der Waals surface area contributed by atoms with Crippen molar-refractivity contribution in [2.24, 2.45) is 5.10 Å². The normalized spacial score (nSPS) is 15.2. The van der Waals surface area contributed by atoms with Crippen LogP contribution in [0, 0.1) is 0 Å². The maximum Gasteiger partial charge on any atom is 0.338 e. The minimum absolute atomic E-state index is 0.160. The zero-order valence-electron chi connectivity index (χ0n) is 14.1. The Labute approximate surface area is 141 Å². The zero-order valence-corrected chi connectivity index (χ0v) is 14.1. The van der Waals surface area contributed by atoms with Gasteiger partial charge < -0.3 is 4.74 Å². The van der Waals surface area contributed by atoms with E-state index in [-0.39, 0.29) is 12.1 Å². The van der Waals surface area contributed by atoms with Crippen molar-refractivity contribution in [3.8, 4) is 0 Å². The predicted molar refractivity (Wildman–Crippen MR) is 93.2 cm³/mol. The van der Waals surface area contributed by atoms with Gasteiger partial charge in [-0.25, -0.2) is 4.79 Å². The van der Waals surface area contributed by atoms with Crippen LogP contribution in [0.4, 0.5) is 5.69 Å². The lowest BCUT2D eigenvalue weighted by molar-refractivity contribution is 0.0314. The molecule has 1 aliphatic heterocycles. The van der Waals surface area contributed by atoms with Crippen LogP contribution in [0.15, 0.2) is 47.8 Å². The van der Waals surface area contributed by atoms with Gasteiger partial charge in [-0.05, 0) is 44.2 Å². The first-order chi connectivity index (χ1) is 11.6. The molecule has 0 spiro atoms. The predicted octanol–water partition coefficient (Wildman–Crippen LogP) is 3.10. The number of esters is 1. The molecule has 0 bridgehead atoms. The summed E-state index contributed by atoms with van der Waals surface area (Å²) in [5.41, 5.74) is 2.68. The fourth-order valence-electron chi connectivity index (χ4n) is 2.59. The molecule has 0 N–H and O–H groups in total. The van der Waals surface area contributed by atoms with Gasteiger partial charge in [0.25, 0.3) is 0 Å². The molecule has 1 atom stereocenters. The lowest BCUT2D eigenvalue weighted by Gasteiger charge is -2.15. The molecule has 126 valence electrons. The number of hydrazone groups is 1. The lowest BCUT2D eigenvalue weighted by Crippen LogP contribution is -2.17. The largest absolute Gasteiger partial charge is 0.459 e. The van der Waals surface area contributed by atoms with Gasteiger partial charge in [-0.2, -0.15) is 10.2 Å². The lowest BCUT2D eigenvalue weighted by atomic mass is 10.2. The van der Waals surface area contributed by atoms with Gasteiger partial charge in [0.15, 0.2) is 0 Å². The van der Waals surface area contributed by atoms with Crippen LogP contribution in [0.5, 0.6) is 0 Å². The molecule has 6 nitrogen and oxygen atoms in total. The van der Waals surface area contributed by atoms with Gasteiger partial charge in [0, 0.05) is 44.0 Å². The molecule has 2 aromatic rings. The van der Waals surface area contributed by atoms with Crippen molar-refractivity contribution < 1.29 is 9.53 Å². The average molecular weight is 326 g/mol. The number of aromatic nitrogens is 2. The quantitative estimate of drug-likeness (QED) is 0.765. The third-order valence-corrected chi connectivity index (χ3v) is 4.01. The third kappa shape index (κ3) is 4.01. The SMILES string of the molecule is CC1=NN(c2ccc(C(=O)O[C@H](C)CCn3cccn3)cc2)CC1. The molecule has 0 saturated heterocycles. The molecule has 0 amide bonds. The Morgan fingerprint density at radius 1 is 1.33 bits per heavy atom. The summed E-state index contributed by atoms with van der Waals surface area (Å²) in [5.74, 6) is -0.296. The first kappa shape index (κ1) is 16.2. The highest BCUT2D eigenvalue weighted by Crippen LogP contribution is 2.20. The van der Waals surface area contributed by atoms with Gasteiger partial charge in [0.05, 0.1) is 11.3 Å². The summed E-state index contributed by atoms with van der Waals surface area (Å²) < 4.78 is 7.33. The Morgan fingerprint density at radius 2 is 2.12 bits per heavy atom. The average Bonchev–Trinajstić information content (AvgIpc) is 3.24. The van der Waals surface area contributed by atoms with Gasteiger partial charge in [-0.15, -0.1) is 0 Å². The van der Waals surface area contributed by atoms with Crippen LogP contribution in [-0.2, 0) is 11.3 Å². The molecule has 0 fully saturated rings. The summed E-state index contributed by atoms with van der Waals surface area (Å²) in [6.07, 6.45) is 5.19. The number of hydrogen-bond donors (Lipinski definition) is 0. The molecule has 0 aliphatic carbocycles. The molecule has 3 rings (SSSR count). The van der Waals surface area contributed by atoms with Crippen LogP contribution in [0.3, 0.4) is 0 Å². The molecule has 1 aliphatic rings. The molecular weight excluding hydrogens is 304 g/mol. The third-order valence-electron chi connectivity index (χ3n) is 4.01. The van der Waals surface area contributed by atoms with Crippen molar-refractivity contribution in [2.45, 2.75) is 39.3 Å². The van der Waals surface area contributed by atoms with Gasteiger partial charge >= 0.3 is 5.97 Å². The van der Waals surface area contributed by atoms with Gasteiger partial charge in [0.2, 0.25) is 0 Å². The summed E-state index contributed by atoms with van der Waals surface area (Å²) in [5, 5.41) is 10.6. The second-order valence-corrected chi connectivity index (χ2v) is 6.03. The standard InChI is InChI=1S/C18H22N4O2/c1-14-8-13-22(20-14)17-6-4-16(5-7-17)18(23)24-15(2)9-12-21-11-3-10-19-21/h3-7,10-11,15H,8-9,12-13H2,1-2H3/t15-/m1/s1. The number of carbonyl (C=O) groups is 1. The minimum Gasteiger partial charge on any atom is -0.459 e. The first-order valence-electron chi connectivity index (χ1n) is 8.22. The van der Waals surface area contributed by atoms with Crippen LogP contribution in [-0.4, -0.2) is 34.1 Å². The maximum atomic E-state index is 12.2. The highest BCUT2D eigenvalue weighted by atomic mass is 16.5. The number of ether oxygens (including phenoxy) is 1. The van der Waals surface area contributed by atoms with E-state index >= 15 is 0 Å². The van der Waals surface area contributed by atoms with E-state index in [0.717, 1.165) is 37.3 Å². The monoisotopic (exact) mass is 326 g/mol. The summed E-state index contributed by atoms with van der Waals surface area (Å²) in [4.78, 5) is 12.2. The van der Waals surface area contributed by atoms with E-state index in [9.17, 15) is 4.79 Å². The zero-order chi connectivity index (χ0) is 16.9. The van der Waals surface area contributed by atoms with Crippen molar-refractivity contribution in [2.75, 3.05) is 11.6 Å². The fourth-order valence-corrected chi connectivity index (χ4v) is 2.59. The molecule has 1 aromatic heterocycles. The van der Waals surface area contributed by atoms with Crippen molar-refractivity contribution in [3.63, 3.8) is 0 Å². The molecule has 0 saturated carbocycles. The number of benzene rings is 1. The van der Waals surface area contributed by atoms with Crippen molar-refractivity contribution in [1.29, 1.82) is 0 Å². The van der Waals surface area contributed by atoms with E-state index in [0.29, 0.717) is 5.56 Å². The number of hydrogen-bond acceptors (Lipinski definition) is 5. The molecular formula is C18H22N4O2. The Hall–Kier alpha value is -2.63. The van der Waals surface area contributed by atoms with Crippen LogP contribution in [0.25, 0.3) is 0 Å². The Balaban J connectivity index is 1.53. The van der Waals surface area contributed by atoms with E-state index in [1.165, 1.54) is 0 Å². The number of rotatable bonds is 6. The smallest absolute Gasteiger partial charge is 0.338 e. The molecule has 6 heteroatoms. The molecule has 0 unspecified atom stereocenters. The summed E-state index contributed by atoms with van der Waals surface area (Å²) in [7, 11) is 0.